The van der Waals surface area contributed by atoms with E-state index in [0.717, 1.165) is 13.0 Å². The number of likely N-dealkylation sites (tertiary alicyclic amines) is 1. The van der Waals surface area contributed by atoms with E-state index in [1.54, 1.807) is 17.4 Å². The van der Waals surface area contributed by atoms with Gasteiger partial charge in [0.25, 0.3) is 0 Å². The van der Waals surface area contributed by atoms with Crippen LogP contribution >= 0.6 is 0 Å². The zero-order valence-electron chi connectivity index (χ0n) is 10.4. The largest absolute Gasteiger partial charge is 0.469 e. The van der Waals surface area contributed by atoms with Gasteiger partial charge in [0.05, 0.1) is 19.4 Å². The summed E-state index contributed by atoms with van der Waals surface area (Å²) < 4.78 is 6.63. The summed E-state index contributed by atoms with van der Waals surface area (Å²) in [6.07, 6.45) is 6.51. The molecular weight excluding hydrogens is 234 g/mol. The van der Waals surface area contributed by atoms with Crippen LogP contribution in [0.1, 0.15) is 12.8 Å². The maximum Gasteiger partial charge on any atom is 0.310 e. The normalized spacial score (nSPS) is 19.3. The topological polar surface area (TPSA) is 64.4 Å². The molecule has 0 aromatic carbocycles. The first-order chi connectivity index (χ1) is 8.70. The van der Waals surface area contributed by atoms with Gasteiger partial charge in [0.15, 0.2) is 0 Å². The second-order valence-electron chi connectivity index (χ2n) is 4.42. The van der Waals surface area contributed by atoms with Crippen LogP contribution in [-0.2, 0) is 20.9 Å². The molecule has 1 unspecified atom stereocenters. The Morgan fingerprint density at radius 1 is 1.56 bits per heavy atom. The molecular formula is C12H17N3O3. The molecule has 2 rings (SSSR count). The van der Waals surface area contributed by atoms with E-state index in [-0.39, 0.29) is 24.2 Å². The molecule has 1 aromatic heterocycles. The summed E-state index contributed by atoms with van der Waals surface area (Å²) in [5, 5.41) is 0. The van der Waals surface area contributed by atoms with E-state index in [1.807, 2.05) is 10.8 Å². The number of carbonyl (C=O) groups excluding carboxylic acids is 2. The highest BCUT2D eigenvalue weighted by Crippen LogP contribution is 2.19. The molecule has 1 fully saturated rings. The van der Waals surface area contributed by atoms with Gasteiger partial charge in [0.1, 0.15) is 0 Å². The van der Waals surface area contributed by atoms with Crippen molar-refractivity contribution in [3.8, 4) is 0 Å². The quantitative estimate of drug-likeness (QED) is 0.706. The smallest absolute Gasteiger partial charge is 0.310 e. The molecule has 1 saturated heterocycles. The Kier molecular flexibility index (Phi) is 3.96. The van der Waals surface area contributed by atoms with Gasteiger partial charge in [-0.05, 0) is 6.42 Å². The number of hydrogen-bond donors (Lipinski definition) is 0. The second-order valence-corrected chi connectivity index (χ2v) is 4.42. The van der Waals surface area contributed by atoms with Crippen molar-refractivity contribution in [3.05, 3.63) is 18.7 Å². The molecule has 1 atom stereocenters. The fourth-order valence-corrected chi connectivity index (χ4v) is 2.18. The summed E-state index contributed by atoms with van der Waals surface area (Å²) >= 11 is 0. The summed E-state index contributed by atoms with van der Waals surface area (Å²) in [5.41, 5.74) is 0. The lowest BCUT2D eigenvalue weighted by molar-refractivity contribution is -0.145. The summed E-state index contributed by atoms with van der Waals surface area (Å²) in [4.78, 5) is 28.7. The van der Waals surface area contributed by atoms with Crippen molar-refractivity contribution in [2.24, 2.45) is 5.92 Å². The van der Waals surface area contributed by atoms with Crippen LogP contribution in [-0.4, -0.2) is 46.5 Å². The lowest BCUT2D eigenvalue weighted by Crippen LogP contribution is -2.28. The Morgan fingerprint density at radius 2 is 2.39 bits per heavy atom. The van der Waals surface area contributed by atoms with E-state index in [1.165, 1.54) is 7.11 Å². The number of amides is 1. The van der Waals surface area contributed by atoms with Crippen LogP contribution in [0.2, 0.25) is 0 Å². The lowest BCUT2D eigenvalue weighted by Gasteiger charge is -2.16. The van der Waals surface area contributed by atoms with Crippen molar-refractivity contribution >= 4 is 11.9 Å². The van der Waals surface area contributed by atoms with Crippen LogP contribution in [0.15, 0.2) is 18.7 Å². The Labute approximate surface area is 106 Å². The van der Waals surface area contributed by atoms with E-state index in [4.69, 9.17) is 0 Å². The fourth-order valence-electron chi connectivity index (χ4n) is 2.18. The molecule has 6 nitrogen and oxygen atoms in total. The zero-order chi connectivity index (χ0) is 13.0. The molecule has 0 aliphatic carbocycles. The molecule has 1 aliphatic rings. The number of hydrogen-bond acceptors (Lipinski definition) is 4. The van der Waals surface area contributed by atoms with Crippen molar-refractivity contribution in [3.63, 3.8) is 0 Å². The van der Waals surface area contributed by atoms with Gasteiger partial charge in [-0.1, -0.05) is 0 Å². The summed E-state index contributed by atoms with van der Waals surface area (Å²) in [6, 6.07) is 0. The van der Waals surface area contributed by atoms with Crippen molar-refractivity contribution in [1.82, 2.24) is 14.5 Å². The lowest BCUT2D eigenvalue weighted by atomic mass is 10.1. The van der Waals surface area contributed by atoms with E-state index in [9.17, 15) is 9.59 Å². The number of methoxy groups -OCH3 is 1. The zero-order valence-corrected chi connectivity index (χ0v) is 10.4. The van der Waals surface area contributed by atoms with Crippen molar-refractivity contribution in [2.75, 3.05) is 20.2 Å². The Hall–Kier alpha value is -1.85. The molecule has 0 saturated carbocycles. The predicted molar refractivity (Wildman–Crippen MR) is 63.5 cm³/mol. The van der Waals surface area contributed by atoms with E-state index >= 15 is 0 Å². The first-order valence-electron chi connectivity index (χ1n) is 6.02. The number of rotatable bonds is 5. The molecule has 0 radical (unpaired) electrons. The van der Waals surface area contributed by atoms with Gasteiger partial charge >= 0.3 is 5.97 Å². The molecule has 0 spiro atoms. The summed E-state index contributed by atoms with van der Waals surface area (Å²) in [6.45, 7) is 1.98. The Balaban J connectivity index is 1.76. The van der Waals surface area contributed by atoms with E-state index in [0.29, 0.717) is 13.1 Å². The number of aryl methyl sites for hydroxylation is 1. The molecule has 2 heterocycles. The molecule has 0 bridgehead atoms. The SMILES string of the molecule is COC(=O)C1CC(=O)N(CCCn2ccnc2)C1. The van der Waals surface area contributed by atoms with Crippen LogP contribution < -0.4 is 0 Å². The fraction of sp³-hybridized carbons (Fsp3) is 0.583. The summed E-state index contributed by atoms with van der Waals surface area (Å²) in [5.74, 6) is -0.549. The van der Waals surface area contributed by atoms with Crippen LogP contribution in [0, 0.1) is 5.92 Å². The van der Waals surface area contributed by atoms with Gasteiger partial charge in [-0.2, -0.15) is 0 Å². The van der Waals surface area contributed by atoms with Gasteiger partial charge in [-0.15, -0.1) is 0 Å². The van der Waals surface area contributed by atoms with Crippen LogP contribution in [0.4, 0.5) is 0 Å². The van der Waals surface area contributed by atoms with Gasteiger partial charge in [-0.25, -0.2) is 4.98 Å². The van der Waals surface area contributed by atoms with E-state index < -0.39 is 0 Å². The maximum atomic E-state index is 11.7. The van der Waals surface area contributed by atoms with Crippen molar-refractivity contribution in [1.29, 1.82) is 0 Å². The monoisotopic (exact) mass is 251 g/mol. The number of imidazole rings is 1. The second kappa shape index (κ2) is 5.66. The highest BCUT2D eigenvalue weighted by molar-refractivity contribution is 5.86. The molecule has 1 amide bonds. The minimum atomic E-state index is -0.296. The highest BCUT2D eigenvalue weighted by Gasteiger charge is 2.34. The minimum Gasteiger partial charge on any atom is -0.469 e. The van der Waals surface area contributed by atoms with E-state index in [2.05, 4.69) is 9.72 Å². The number of esters is 1. The van der Waals surface area contributed by atoms with Crippen LogP contribution in [0.3, 0.4) is 0 Å². The average molecular weight is 251 g/mol. The molecule has 18 heavy (non-hydrogen) atoms. The van der Waals surface area contributed by atoms with Crippen LogP contribution in [0.25, 0.3) is 0 Å². The van der Waals surface area contributed by atoms with Gasteiger partial charge in [-0.3, -0.25) is 9.59 Å². The maximum absolute atomic E-state index is 11.7. The Bertz CT molecular complexity index is 416. The predicted octanol–water partition coefficient (Wildman–Crippen LogP) is 0.295. The number of carbonyl (C=O) groups is 2. The minimum absolute atomic E-state index is 0.0380. The average Bonchev–Trinajstić information content (AvgIpc) is 2.99. The highest BCUT2D eigenvalue weighted by atomic mass is 16.5. The Morgan fingerprint density at radius 3 is 3.06 bits per heavy atom. The van der Waals surface area contributed by atoms with Gasteiger partial charge in [0, 0.05) is 38.4 Å². The number of ether oxygens (including phenoxy) is 1. The number of nitrogens with zero attached hydrogens (tertiary/aromatic N) is 3. The molecule has 6 heteroatoms. The molecule has 0 N–H and O–H groups in total. The molecule has 1 aromatic rings. The van der Waals surface area contributed by atoms with Crippen molar-refractivity contribution in [2.45, 2.75) is 19.4 Å². The summed E-state index contributed by atoms with van der Waals surface area (Å²) in [7, 11) is 1.36. The third-order valence-corrected chi connectivity index (χ3v) is 3.15. The van der Waals surface area contributed by atoms with Crippen LogP contribution in [0.5, 0.6) is 0 Å². The standard InChI is InChI=1S/C12H17N3O3/c1-18-12(17)10-7-11(16)15(8-10)5-2-4-14-6-3-13-9-14/h3,6,9-10H,2,4-5,7-8H2,1H3. The first kappa shape index (κ1) is 12.6. The third kappa shape index (κ3) is 2.88. The number of aromatic nitrogens is 2. The van der Waals surface area contributed by atoms with Crippen molar-refractivity contribution < 1.29 is 14.3 Å². The first-order valence-corrected chi connectivity index (χ1v) is 6.02. The molecule has 1 aliphatic heterocycles. The van der Waals surface area contributed by atoms with Gasteiger partial charge in [0.2, 0.25) is 5.91 Å². The molecule has 98 valence electrons. The van der Waals surface area contributed by atoms with Gasteiger partial charge < -0.3 is 14.2 Å². The third-order valence-electron chi connectivity index (χ3n) is 3.15.